The number of hydrogen-bond donors (Lipinski definition) is 1. The van der Waals surface area contributed by atoms with Gasteiger partial charge in [-0.2, -0.15) is 0 Å². The highest BCUT2D eigenvalue weighted by Gasteiger charge is 2.33. The standard InChI is InChI=1S/C7H6Cl2O2.C6H6/c8-5-1-3-7(9,4-2-5)6(10)11;1-2-4-6-5-3-1/h1-3H,4H2,(H,10,11);1-6H. The highest BCUT2D eigenvalue weighted by molar-refractivity contribution is 6.36. The molecule has 0 amide bonds. The molecule has 17 heavy (non-hydrogen) atoms. The highest BCUT2D eigenvalue weighted by atomic mass is 35.5. The molecule has 1 aromatic rings. The minimum atomic E-state index is -1.29. The van der Waals surface area contributed by atoms with Crippen molar-refractivity contribution in [1.29, 1.82) is 0 Å². The molecule has 1 aromatic carbocycles. The molecule has 0 spiro atoms. The molecule has 2 nitrogen and oxygen atoms in total. The molecule has 0 radical (unpaired) electrons. The molecule has 0 heterocycles. The molecule has 4 heteroatoms. The fourth-order valence-corrected chi connectivity index (χ4v) is 1.42. The van der Waals surface area contributed by atoms with Crippen LogP contribution in [0.2, 0.25) is 0 Å². The second kappa shape index (κ2) is 6.48. The van der Waals surface area contributed by atoms with Gasteiger partial charge in [0.1, 0.15) is 0 Å². The maximum Gasteiger partial charge on any atom is 0.329 e. The van der Waals surface area contributed by atoms with Gasteiger partial charge in [0.15, 0.2) is 4.87 Å². The Morgan fingerprint density at radius 2 is 1.65 bits per heavy atom. The molecular formula is C13H12Cl2O2. The number of hydrogen-bond acceptors (Lipinski definition) is 1. The Labute approximate surface area is 110 Å². The lowest BCUT2D eigenvalue weighted by Crippen LogP contribution is -2.30. The summed E-state index contributed by atoms with van der Waals surface area (Å²) in [5.74, 6) is -1.05. The number of alkyl halides is 1. The third-order valence-corrected chi connectivity index (χ3v) is 2.85. The molecule has 0 aliphatic heterocycles. The first kappa shape index (κ1) is 13.8. The SMILES string of the molecule is O=C(O)C1(Cl)C=CC(Cl)=CC1.c1ccccc1. The predicted molar refractivity (Wildman–Crippen MR) is 70.4 cm³/mol. The second-order valence-electron chi connectivity index (χ2n) is 3.45. The molecule has 1 unspecified atom stereocenters. The topological polar surface area (TPSA) is 37.3 Å². The van der Waals surface area contributed by atoms with Gasteiger partial charge in [-0.3, -0.25) is 0 Å². The van der Waals surface area contributed by atoms with Crippen LogP contribution in [0.25, 0.3) is 0 Å². The molecular weight excluding hydrogens is 259 g/mol. The highest BCUT2D eigenvalue weighted by Crippen LogP contribution is 2.28. The van der Waals surface area contributed by atoms with Gasteiger partial charge in [0.2, 0.25) is 0 Å². The number of allylic oxidation sites excluding steroid dienone is 3. The van der Waals surface area contributed by atoms with E-state index in [1.165, 1.54) is 12.2 Å². The monoisotopic (exact) mass is 270 g/mol. The summed E-state index contributed by atoms with van der Waals surface area (Å²) in [7, 11) is 0. The van der Waals surface area contributed by atoms with E-state index in [2.05, 4.69) is 0 Å². The van der Waals surface area contributed by atoms with E-state index in [0.717, 1.165) is 0 Å². The van der Waals surface area contributed by atoms with Gasteiger partial charge in [-0.15, -0.1) is 11.6 Å². The molecule has 2 rings (SSSR count). The summed E-state index contributed by atoms with van der Waals surface area (Å²) in [5, 5.41) is 9.16. The summed E-state index contributed by atoms with van der Waals surface area (Å²) >= 11 is 11.3. The number of carboxylic acid groups (broad SMARTS) is 1. The van der Waals surface area contributed by atoms with Gasteiger partial charge in [0.05, 0.1) is 0 Å². The zero-order chi connectivity index (χ0) is 12.7. The minimum absolute atomic E-state index is 0.235. The molecule has 1 aliphatic carbocycles. The van der Waals surface area contributed by atoms with Crippen LogP contribution in [0.4, 0.5) is 0 Å². The first-order valence-electron chi connectivity index (χ1n) is 5.02. The van der Waals surface area contributed by atoms with Crippen molar-refractivity contribution in [2.45, 2.75) is 11.3 Å². The van der Waals surface area contributed by atoms with Crippen molar-refractivity contribution in [3.63, 3.8) is 0 Å². The molecule has 1 N–H and O–H groups in total. The van der Waals surface area contributed by atoms with Gasteiger partial charge >= 0.3 is 5.97 Å². The first-order valence-corrected chi connectivity index (χ1v) is 5.77. The minimum Gasteiger partial charge on any atom is -0.480 e. The van der Waals surface area contributed by atoms with E-state index >= 15 is 0 Å². The predicted octanol–water partition coefficient (Wildman–Crippen LogP) is 3.82. The Morgan fingerprint density at radius 1 is 1.18 bits per heavy atom. The maximum atomic E-state index is 10.5. The normalized spacial score (nSPS) is 22.1. The van der Waals surface area contributed by atoms with E-state index in [1.54, 1.807) is 6.08 Å². The molecule has 0 fully saturated rings. The van der Waals surface area contributed by atoms with Crippen LogP contribution in [0.15, 0.2) is 59.7 Å². The van der Waals surface area contributed by atoms with Gasteiger partial charge in [0, 0.05) is 11.5 Å². The van der Waals surface area contributed by atoms with Crippen molar-refractivity contribution in [2.75, 3.05) is 0 Å². The Hall–Kier alpha value is -1.25. The Balaban J connectivity index is 0.000000202. The molecule has 1 atom stereocenters. The van der Waals surface area contributed by atoms with Crippen LogP contribution in [0, 0.1) is 0 Å². The van der Waals surface area contributed by atoms with Crippen molar-refractivity contribution in [1.82, 2.24) is 0 Å². The van der Waals surface area contributed by atoms with Gasteiger partial charge in [-0.05, 0) is 6.08 Å². The summed E-state index contributed by atoms with van der Waals surface area (Å²) in [6, 6.07) is 12.0. The van der Waals surface area contributed by atoms with E-state index in [9.17, 15) is 4.79 Å². The van der Waals surface area contributed by atoms with E-state index in [0.29, 0.717) is 5.03 Å². The molecule has 90 valence electrons. The zero-order valence-corrected chi connectivity index (χ0v) is 10.5. The van der Waals surface area contributed by atoms with Crippen molar-refractivity contribution >= 4 is 29.2 Å². The smallest absolute Gasteiger partial charge is 0.329 e. The number of carbonyl (C=O) groups is 1. The summed E-state index contributed by atoms with van der Waals surface area (Å²) in [4.78, 5) is 9.23. The van der Waals surface area contributed by atoms with Crippen LogP contribution in [0.5, 0.6) is 0 Å². The average Bonchev–Trinajstić information content (AvgIpc) is 2.36. The molecule has 0 saturated heterocycles. The lowest BCUT2D eigenvalue weighted by Gasteiger charge is -2.18. The van der Waals surface area contributed by atoms with Gasteiger partial charge in [0.25, 0.3) is 0 Å². The lowest BCUT2D eigenvalue weighted by molar-refractivity contribution is -0.138. The lowest BCUT2D eigenvalue weighted by atomic mass is 10.0. The number of aliphatic carboxylic acids is 1. The fraction of sp³-hybridized carbons (Fsp3) is 0.154. The largest absolute Gasteiger partial charge is 0.480 e. The quantitative estimate of drug-likeness (QED) is 0.788. The molecule has 0 bridgehead atoms. The van der Waals surface area contributed by atoms with E-state index in [-0.39, 0.29) is 6.42 Å². The molecule has 1 aliphatic rings. The molecule has 0 aromatic heterocycles. The summed E-state index contributed by atoms with van der Waals surface area (Å²) < 4.78 is 0. The number of rotatable bonds is 1. The average molecular weight is 271 g/mol. The van der Waals surface area contributed by atoms with E-state index < -0.39 is 10.8 Å². The van der Waals surface area contributed by atoms with Crippen molar-refractivity contribution in [3.05, 3.63) is 59.7 Å². The zero-order valence-electron chi connectivity index (χ0n) is 9.01. The van der Waals surface area contributed by atoms with Crippen molar-refractivity contribution < 1.29 is 9.90 Å². The Morgan fingerprint density at radius 3 is 1.94 bits per heavy atom. The Bertz CT molecular complexity index is 400. The van der Waals surface area contributed by atoms with E-state index in [4.69, 9.17) is 28.3 Å². The third-order valence-electron chi connectivity index (χ3n) is 2.12. The number of benzene rings is 1. The van der Waals surface area contributed by atoms with Crippen LogP contribution >= 0.6 is 23.2 Å². The first-order chi connectivity index (χ1) is 8.04. The van der Waals surface area contributed by atoms with Gasteiger partial charge in [-0.25, -0.2) is 4.79 Å². The number of carboxylic acids is 1. The van der Waals surface area contributed by atoms with Crippen LogP contribution in [-0.4, -0.2) is 16.0 Å². The van der Waals surface area contributed by atoms with Crippen LogP contribution < -0.4 is 0 Å². The molecule has 0 saturated carbocycles. The van der Waals surface area contributed by atoms with Crippen LogP contribution in [0.1, 0.15) is 6.42 Å². The Kier molecular flexibility index (Phi) is 5.26. The third kappa shape index (κ3) is 4.63. The number of halogens is 2. The van der Waals surface area contributed by atoms with Gasteiger partial charge < -0.3 is 5.11 Å². The van der Waals surface area contributed by atoms with Crippen molar-refractivity contribution in [2.24, 2.45) is 0 Å². The second-order valence-corrected chi connectivity index (χ2v) is 4.56. The van der Waals surface area contributed by atoms with Crippen molar-refractivity contribution in [3.8, 4) is 0 Å². The van der Waals surface area contributed by atoms with E-state index in [1.807, 2.05) is 36.4 Å². The summed E-state index contributed by atoms with van der Waals surface area (Å²) in [5.41, 5.74) is 0. The van der Waals surface area contributed by atoms with Gasteiger partial charge in [-0.1, -0.05) is 60.2 Å². The summed E-state index contributed by atoms with van der Waals surface area (Å²) in [6.07, 6.45) is 4.70. The summed E-state index contributed by atoms with van der Waals surface area (Å²) in [6.45, 7) is 0. The maximum absolute atomic E-state index is 10.5. The fourth-order valence-electron chi connectivity index (χ4n) is 1.14. The van der Waals surface area contributed by atoms with Crippen LogP contribution in [-0.2, 0) is 4.79 Å². The van der Waals surface area contributed by atoms with Crippen LogP contribution in [0.3, 0.4) is 0 Å².